The van der Waals surface area contributed by atoms with Crippen LogP contribution in [-0.2, 0) is 0 Å². The molecule has 96 valence electrons. The van der Waals surface area contributed by atoms with Crippen LogP contribution in [0.2, 0.25) is 0 Å². The summed E-state index contributed by atoms with van der Waals surface area (Å²) in [5.74, 6) is 0.543. The molecule has 0 bridgehead atoms. The van der Waals surface area contributed by atoms with Crippen LogP contribution in [0.4, 0.5) is 5.69 Å². The van der Waals surface area contributed by atoms with Gasteiger partial charge in [-0.25, -0.2) is 0 Å². The van der Waals surface area contributed by atoms with Crippen molar-refractivity contribution < 1.29 is 0 Å². The van der Waals surface area contributed by atoms with Crippen LogP contribution in [0, 0.1) is 0 Å². The molecule has 0 saturated heterocycles. The van der Waals surface area contributed by atoms with Gasteiger partial charge in [-0.1, -0.05) is 18.2 Å². The molecule has 1 aromatic heterocycles. The van der Waals surface area contributed by atoms with Crippen molar-refractivity contribution in [3.05, 3.63) is 58.8 Å². The highest BCUT2D eigenvalue weighted by atomic mass is 79.9. The van der Waals surface area contributed by atoms with Crippen molar-refractivity contribution in [2.45, 2.75) is 6.04 Å². The Bertz CT molecular complexity index is 595. The summed E-state index contributed by atoms with van der Waals surface area (Å²) in [5, 5.41) is 0. The quantitative estimate of drug-likeness (QED) is 0.926. The maximum Gasteiger partial charge on any atom is 0.196 e. The van der Waals surface area contributed by atoms with Crippen LogP contribution in [-0.4, -0.2) is 17.5 Å². The number of aliphatic imine (C=N–C) groups is 1. The fraction of sp³-hybridized carbons (Fsp3) is 0.143. The van der Waals surface area contributed by atoms with Crippen molar-refractivity contribution in [1.29, 1.82) is 0 Å². The normalized spacial score (nSPS) is 18.5. The highest BCUT2D eigenvalue weighted by molar-refractivity contribution is 9.10. The first-order valence-corrected chi connectivity index (χ1v) is 6.80. The molecule has 1 aliphatic rings. The van der Waals surface area contributed by atoms with Gasteiger partial charge in [-0.3, -0.25) is 9.98 Å². The predicted octanol–water partition coefficient (Wildman–Crippen LogP) is 2.72. The highest BCUT2D eigenvalue weighted by Gasteiger charge is 2.29. The molecule has 0 saturated carbocycles. The topological polar surface area (TPSA) is 54.5 Å². The van der Waals surface area contributed by atoms with Crippen LogP contribution < -0.4 is 10.6 Å². The lowest BCUT2D eigenvalue weighted by Gasteiger charge is -2.25. The molecule has 1 aliphatic heterocycles. The third kappa shape index (κ3) is 2.33. The molecule has 0 fully saturated rings. The van der Waals surface area contributed by atoms with E-state index in [9.17, 15) is 0 Å². The molecular formula is C14H13BrN4. The zero-order valence-corrected chi connectivity index (χ0v) is 11.8. The van der Waals surface area contributed by atoms with Gasteiger partial charge in [-0.15, -0.1) is 0 Å². The number of pyridine rings is 1. The van der Waals surface area contributed by atoms with E-state index < -0.39 is 0 Å². The number of aromatic nitrogens is 1. The van der Waals surface area contributed by atoms with Crippen LogP contribution in [0.3, 0.4) is 0 Å². The second-order valence-corrected chi connectivity index (χ2v) is 5.24. The molecule has 2 N–H and O–H groups in total. The van der Waals surface area contributed by atoms with Crippen LogP contribution >= 0.6 is 15.9 Å². The van der Waals surface area contributed by atoms with E-state index in [0.717, 1.165) is 15.9 Å². The van der Waals surface area contributed by atoms with Crippen LogP contribution in [0.15, 0.2) is 58.1 Å². The third-order valence-electron chi connectivity index (χ3n) is 3.11. The SMILES string of the molecule is NC1=NCC(c2ccc(Br)cn2)N1c1ccccc1. The Kier molecular flexibility index (Phi) is 3.21. The van der Waals surface area contributed by atoms with Crippen molar-refractivity contribution in [2.24, 2.45) is 10.7 Å². The van der Waals surface area contributed by atoms with Gasteiger partial charge in [-0.2, -0.15) is 0 Å². The lowest BCUT2D eigenvalue weighted by molar-refractivity contribution is 0.739. The molecule has 1 unspecified atom stereocenters. The monoisotopic (exact) mass is 316 g/mol. The molecule has 0 aliphatic carbocycles. The average Bonchev–Trinajstić information content (AvgIpc) is 2.82. The summed E-state index contributed by atoms with van der Waals surface area (Å²) in [6, 6.07) is 14.1. The molecule has 4 nitrogen and oxygen atoms in total. The summed E-state index contributed by atoms with van der Waals surface area (Å²) in [5.41, 5.74) is 8.01. The minimum Gasteiger partial charge on any atom is -0.369 e. The Morgan fingerprint density at radius 3 is 2.63 bits per heavy atom. The predicted molar refractivity (Wildman–Crippen MR) is 80.1 cm³/mol. The van der Waals surface area contributed by atoms with Gasteiger partial charge in [0.25, 0.3) is 0 Å². The van der Waals surface area contributed by atoms with Crippen LogP contribution in [0.5, 0.6) is 0 Å². The lowest BCUT2D eigenvalue weighted by atomic mass is 10.1. The maximum atomic E-state index is 6.01. The molecule has 1 atom stereocenters. The first-order valence-electron chi connectivity index (χ1n) is 6.01. The number of anilines is 1. The minimum atomic E-state index is 0.0653. The van der Waals surface area contributed by atoms with Gasteiger partial charge in [0, 0.05) is 16.4 Å². The number of nitrogens with zero attached hydrogens (tertiary/aromatic N) is 3. The van der Waals surface area contributed by atoms with Crippen molar-refractivity contribution in [2.75, 3.05) is 11.4 Å². The number of hydrogen-bond donors (Lipinski definition) is 1. The number of halogens is 1. The zero-order valence-electron chi connectivity index (χ0n) is 10.2. The first-order chi connectivity index (χ1) is 9.25. The fourth-order valence-electron chi connectivity index (χ4n) is 2.21. The summed E-state index contributed by atoms with van der Waals surface area (Å²) in [7, 11) is 0. The number of rotatable bonds is 2. The Hall–Kier alpha value is -1.88. The zero-order chi connectivity index (χ0) is 13.2. The van der Waals surface area contributed by atoms with Gasteiger partial charge in [0.1, 0.15) is 0 Å². The van der Waals surface area contributed by atoms with E-state index in [1.54, 1.807) is 6.20 Å². The van der Waals surface area contributed by atoms with E-state index in [2.05, 4.69) is 25.9 Å². The summed E-state index contributed by atoms with van der Waals surface area (Å²) in [6.07, 6.45) is 1.80. The van der Waals surface area contributed by atoms with Crippen molar-refractivity contribution in [1.82, 2.24) is 4.98 Å². The van der Waals surface area contributed by atoms with Crippen molar-refractivity contribution in [3.8, 4) is 0 Å². The van der Waals surface area contributed by atoms with Crippen molar-refractivity contribution >= 4 is 27.6 Å². The maximum absolute atomic E-state index is 6.01. The summed E-state index contributed by atoms with van der Waals surface area (Å²) >= 11 is 3.40. The van der Waals surface area contributed by atoms with E-state index in [4.69, 9.17) is 5.73 Å². The molecule has 2 heterocycles. The number of hydrogen-bond acceptors (Lipinski definition) is 4. The molecule has 0 amide bonds. The molecule has 0 radical (unpaired) electrons. The largest absolute Gasteiger partial charge is 0.369 e. The summed E-state index contributed by atoms with van der Waals surface area (Å²) in [4.78, 5) is 10.8. The molecular weight excluding hydrogens is 304 g/mol. The minimum absolute atomic E-state index is 0.0653. The Labute approximate surface area is 120 Å². The number of nitrogens with two attached hydrogens (primary N) is 1. The molecule has 19 heavy (non-hydrogen) atoms. The summed E-state index contributed by atoms with van der Waals surface area (Å²) < 4.78 is 0.967. The van der Waals surface area contributed by atoms with Gasteiger partial charge in [-0.05, 0) is 40.2 Å². The molecule has 0 spiro atoms. The first kappa shape index (κ1) is 12.2. The van der Waals surface area contributed by atoms with Gasteiger partial charge in [0.15, 0.2) is 5.96 Å². The van der Waals surface area contributed by atoms with Crippen LogP contribution in [0.25, 0.3) is 0 Å². The van der Waals surface area contributed by atoms with Gasteiger partial charge in [0.2, 0.25) is 0 Å². The Morgan fingerprint density at radius 1 is 1.16 bits per heavy atom. The average molecular weight is 317 g/mol. The van der Waals surface area contributed by atoms with Gasteiger partial charge in [0.05, 0.1) is 18.3 Å². The van der Waals surface area contributed by atoms with E-state index >= 15 is 0 Å². The standard InChI is InChI=1S/C14H13BrN4/c15-10-6-7-12(17-8-10)13-9-18-14(16)19(13)11-4-2-1-3-5-11/h1-8,13H,9H2,(H2,16,18). The second kappa shape index (κ2) is 5.01. The van der Waals surface area contributed by atoms with E-state index in [0.29, 0.717) is 12.5 Å². The smallest absolute Gasteiger partial charge is 0.196 e. The van der Waals surface area contributed by atoms with E-state index in [1.165, 1.54) is 0 Å². The number of para-hydroxylation sites is 1. The molecule has 1 aromatic carbocycles. The van der Waals surface area contributed by atoms with Gasteiger partial charge < -0.3 is 10.6 Å². The lowest BCUT2D eigenvalue weighted by Crippen LogP contribution is -2.36. The highest BCUT2D eigenvalue weighted by Crippen LogP contribution is 2.30. The fourth-order valence-corrected chi connectivity index (χ4v) is 2.44. The van der Waals surface area contributed by atoms with Crippen molar-refractivity contribution in [3.63, 3.8) is 0 Å². The second-order valence-electron chi connectivity index (χ2n) is 4.32. The van der Waals surface area contributed by atoms with Gasteiger partial charge >= 0.3 is 0 Å². The van der Waals surface area contributed by atoms with E-state index in [-0.39, 0.29) is 6.04 Å². The molecule has 2 aromatic rings. The van der Waals surface area contributed by atoms with E-state index in [1.807, 2.05) is 47.4 Å². The van der Waals surface area contributed by atoms with Crippen LogP contribution in [0.1, 0.15) is 11.7 Å². The number of guanidine groups is 1. The number of benzene rings is 1. The Morgan fingerprint density at radius 2 is 1.95 bits per heavy atom. The molecule has 3 rings (SSSR count). The molecule has 5 heteroatoms. The Balaban J connectivity index is 1.96. The summed E-state index contributed by atoms with van der Waals surface area (Å²) in [6.45, 7) is 0.634. The third-order valence-corrected chi connectivity index (χ3v) is 3.58.